The molecule has 4 heteroatoms. The summed E-state index contributed by atoms with van der Waals surface area (Å²) in [7, 11) is 0. The van der Waals surface area contributed by atoms with Gasteiger partial charge in [0.15, 0.2) is 0 Å². The molecule has 0 unspecified atom stereocenters. The molecule has 0 atom stereocenters. The zero-order valence-corrected chi connectivity index (χ0v) is 8.31. The maximum absolute atomic E-state index is 12.6. The van der Waals surface area contributed by atoms with Crippen molar-refractivity contribution in [1.29, 1.82) is 0 Å². The monoisotopic (exact) mass is 264 g/mol. The van der Waals surface area contributed by atoms with E-state index in [1.807, 2.05) is 0 Å². The normalized spacial score (nSPS) is 10.2. The van der Waals surface area contributed by atoms with E-state index in [-0.39, 0.29) is 0 Å². The number of hydrogen-bond acceptors (Lipinski definition) is 1. The van der Waals surface area contributed by atoms with Gasteiger partial charge < -0.3 is 0 Å². The zero-order valence-electron chi connectivity index (χ0n) is 4.84. The van der Waals surface area contributed by atoms with Crippen LogP contribution in [0.25, 0.3) is 0 Å². The molecule has 10 heavy (non-hydrogen) atoms. The van der Waals surface area contributed by atoms with Crippen LogP contribution in [-0.2, 0) is 3.74 Å². The summed E-state index contributed by atoms with van der Waals surface area (Å²) in [6.45, 7) is 0. The molecule has 0 aliphatic rings. The first-order chi connectivity index (χ1) is 4.74. The molecule has 1 aromatic carbocycles. The first-order valence-corrected chi connectivity index (χ1v) is 5.02. The first kappa shape index (κ1) is 8.09. The van der Waals surface area contributed by atoms with Gasteiger partial charge in [0.25, 0.3) is 0 Å². The van der Waals surface area contributed by atoms with E-state index in [0.29, 0.717) is 4.35 Å². The van der Waals surface area contributed by atoms with Crippen molar-refractivity contribution in [3.8, 4) is 0 Å². The molecular formula is C6H3AsBrFO. The summed E-state index contributed by atoms with van der Waals surface area (Å²) in [5, 5.41) is 0. The summed E-state index contributed by atoms with van der Waals surface area (Å²) in [6, 6.07) is 4.41. The van der Waals surface area contributed by atoms with Crippen LogP contribution in [0.1, 0.15) is 0 Å². The molecular weight excluding hydrogens is 262 g/mol. The SMILES string of the molecule is O=[As]c1cc(Br)ccc1F. The topological polar surface area (TPSA) is 17.1 Å². The molecule has 0 fully saturated rings. The van der Waals surface area contributed by atoms with Crippen LogP contribution in [0.3, 0.4) is 0 Å². The van der Waals surface area contributed by atoms with Gasteiger partial charge >= 0.3 is 72.6 Å². The number of halogens is 2. The van der Waals surface area contributed by atoms with E-state index in [2.05, 4.69) is 15.9 Å². The molecule has 0 N–H and O–H groups in total. The fourth-order valence-electron chi connectivity index (χ4n) is 0.556. The van der Waals surface area contributed by atoms with Gasteiger partial charge in [-0.15, -0.1) is 0 Å². The third-order valence-electron chi connectivity index (χ3n) is 1.01. The van der Waals surface area contributed by atoms with Crippen LogP contribution in [-0.4, -0.2) is 15.7 Å². The molecule has 1 rings (SSSR count). The second kappa shape index (κ2) is 3.40. The fourth-order valence-corrected chi connectivity index (χ4v) is 2.04. The molecule has 0 heterocycles. The van der Waals surface area contributed by atoms with Gasteiger partial charge in [0.05, 0.1) is 0 Å². The summed E-state index contributed by atoms with van der Waals surface area (Å²) in [6.07, 6.45) is 0. The van der Waals surface area contributed by atoms with Crippen molar-refractivity contribution >= 4 is 36.0 Å². The average Bonchev–Trinajstić information content (AvgIpc) is 1.94. The Morgan fingerprint density at radius 3 is 2.70 bits per heavy atom. The quantitative estimate of drug-likeness (QED) is 0.698. The van der Waals surface area contributed by atoms with Crippen molar-refractivity contribution in [2.45, 2.75) is 0 Å². The molecule has 0 saturated heterocycles. The summed E-state index contributed by atoms with van der Waals surface area (Å²) in [5.41, 5.74) is 0. The van der Waals surface area contributed by atoms with Crippen molar-refractivity contribution in [1.82, 2.24) is 0 Å². The molecule has 0 bridgehead atoms. The van der Waals surface area contributed by atoms with E-state index in [1.165, 1.54) is 12.1 Å². The molecule has 0 saturated carbocycles. The Morgan fingerprint density at radius 2 is 2.20 bits per heavy atom. The predicted octanol–water partition coefficient (Wildman–Crippen LogP) is 1.26. The fraction of sp³-hybridized carbons (Fsp3) is 0. The maximum atomic E-state index is 12.6. The molecule has 0 spiro atoms. The van der Waals surface area contributed by atoms with E-state index < -0.39 is 21.5 Å². The van der Waals surface area contributed by atoms with Crippen LogP contribution in [0.15, 0.2) is 22.7 Å². The Kier molecular flexibility index (Phi) is 2.75. The van der Waals surface area contributed by atoms with Gasteiger partial charge in [0.2, 0.25) is 0 Å². The average molecular weight is 265 g/mol. The number of hydrogen-bond donors (Lipinski definition) is 0. The van der Waals surface area contributed by atoms with E-state index in [9.17, 15) is 8.13 Å². The molecule has 0 aromatic heterocycles. The minimum absolute atomic E-state index is 0.297. The predicted molar refractivity (Wildman–Crippen MR) is 40.2 cm³/mol. The first-order valence-electron chi connectivity index (χ1n) is 2.52. The van der Waals surface area contributed by atoms with Crippen LogP contribution < -0.4 is 4.35 Å². The second-order valence-corrected chi connectivity index (χ2v) is 4.00. The Balaban J connectivity index is 3.21. The van der Waals surface area contributed by atoms with Crippen molar-refractivity contribution in [2.75, 3.05) is 0 Å². The minimum atomic E-state index is -1.25. The van der Waals surface area contributed by atoms with Crippen LogP contribution in [0.2, 0.25) is 0 Å². The van der Waals surface area contributed by atoms with Crippen LogP contribution in [0.4, 0.5) is 4.39 Å². The van der Waals surface area contributed by atoms with Gasteiger partial charge in [-0.2, -0.15) is 0 Å². The van der Waals surface area contributed by atoms with E-state index in [0.717, 1.165) is 4.47 Å². The van der Waals surface area contributed by atoms with Gasteiger partial charge in [-0.3, -0.25) is 0 Å². The molecule has 52 valence electrons. The van der Waals surface area contributed by atoms with E-state index >= 15 is 0 Å². The Bertz CT molecular complexity index is 264. The second-order valence-electron chi connectivity index (χ2n) is 1.69. The van der Waals surface area contributed by atoms with Crippen LogP contribution in [0.5, 0.6) is 0 Å². The van der Waals surface area contributed by atoms with Crippen LogP contribution >= 0.6 is 15.9 Å². The molecule has 0 aliphatic carbocycles. The summed E-state index contributed by atoms with van der Waals surface area (Å²) in [5.74, 6) is -0.391. The Hall–Kier alpha value is -0.0116. The van der Waals surface area contributed by atoms with Gasteiger partial charge in [-0.1, -0.05) is 0 Å². The van der Waals surface area contributed by atoms with Crippen molar-refractivity contribution < 1.29 is 8.13 Å². The molecule has 0 amide bonds. The molecule has 0 aliphatic heterocycles. The molecule has 0 radical (unpaired) electrons. The number of rotatable bonds is 1. The van der Waals surface area contributed by atoms with Crippen LogP contribution in [0, 0.1) is 5.82 Å². The third kappa shape index (κ3) is 1.74. The zero-order chi connectivity index (χ0) is 7.56. The molecule has 1 aromatic rings. The third-order valence-corrected chi connectivity index (χ3v) is 2.63. The van der Waals surface area contributed by atoms with E-state index in [4.69, 9.17) is 0 Å². The van der Waals surface area contributed by atoms with Crippen molar-refractivity contribution in [2.24, 2.45) is 0 Å². The van der Waals surface area contributed by atoms with Gasteiger partial charge in [-0.05, 0) is 0 Å². The van der Waals surface area contributed by atoms with E-state index in [1.54, 1.807) is 6.07 Å². The van der Waals surface area contributed by atoms with Gasteiger partial charge in [-0.25, -0.2) is 0 Å². The summed E-state index contributed by atoms with van der Waals surface area (Å²) < 4.78 is 24.0. The van der Waals surface area contributed by atoms with Gasteiger partial charge in [0, 0.05) is 0 Å². The Morgan fingerprint density at radius 1 is 1.50 bits per heavy atom. The summed E-state index contributed by atoms with van der Waals surface area (Å²) in [4.78, 5) is 0. The summed E-state index contributed by atoms with van der Waals surface area (Å²) >= 11 is 1.89. The van der Waals surface area contributed by atoms with Crippen molar-refractivity contribution in [3.05, 3.63) is 28.5 Å². The van der Waals surface area contributed by atoms with Crippen molar-refractivity contribution in [3.63, 3.8) is 0 Å². The number of benzene rings is 1. The Labute approximate surface area is 72.7 Å². The standard InChI is InChI=1S/C6H3AsBrFO/c8-4-1-2-6(9)5(3-4)7-10/h1-3H. The molecule has 1 nitrogen and oxygen atoms in total. The van der Waals surface area contributed by atoms with Gasteiger partial charge in [0.1, 0.15) is 0 Å².